The molecule has 96 valence electrons. The van der Waals surface area contributed by atoms with Crippen LogP contribution < -0.4 is 0 Å². The standard InChI is InChI=1S/C12H8ClN.2C2H6/c1-2-5-9-8-14-11-7-4-3-6-10(11)12(9)13;2*1-2/h3-4,6-8H,1H3;2*1-2H3. The average Bonchev–Trinajstić information content (AvgIpc) is 2.47. The van der Waals surface area contributed by atoms with Crippen molar-refractivity contribution in [2.75, 3.05) is 0 Å². The molecule has 0 aliphatic rings. The summed E-state index contributed by atoms with van der Waals surface area (Å²) in [6, 6.07) is 7.77. The first-order valence-corrected chi connectivity index (χ1v) is 6.66. The number of hydrogen-bond acceptors (Lipinski definition) is 1. The van der Waals surface area contributed by atoms with Crippen molar-refractivity contribution in [3.8, 4) is 11.8 Å². The molecule has 0 fully saturated rings. The van der Waals surface area contributed by atoms with E-state index in [0.29, 0.717) is 5.02 Å². The molecule has 0 aliphatic heterocycles. The predicted molar refractivity (Wildman–Crippen MR) is 82.0 cm³/mol. The maximum Gasteiger partial charge on any atom is 0.0717 e. The molecule has 0 aliphatic carbocycles. The summed E-state index contributed by atoms with van der Waals surface area (Å²) in [5.74, 6) is 5.74. The molecule has 0 saturated carbocycles. The first-order valence-electron chi connectivity index (χ1n) is 6.29. The normalized spacial score (nSPS) is 8.11. The number of halogens is 1. The van der Waals surface area contributed by atoms with Crippen molar-refractivity contribution in [2.24, 2.45) is 0 Å². The number of pyridine rings is 1. The van der Waals surface area contributed by atoms with Gasteiger partial charge in [-0.15, -0.1) is 5.92 Å². The molecule has 0 radical (unpaired) electrons. The van der Waals surface area contributed by atoms with Gasteiger partial charge in [0.15, 0.2) is 0 Å². The van der Waals surface area contributed by atoms with Gasteiger partial charge in [0.25, 0.3) is 0 Å². The van der Waals surface area contributed by atoms with Crippen LogP contribution in [0.15, 0.2) is 30.5 Å². The van der Waals surface area contributed by atoms with Gasteiger partial charge in [0.1, 0.15) is 0 Å². The Kier molecular flexibility index (Phi) is 8.70. The molecule has 0 N–H and O–H groups in total. The highest BCUT2D eigenvalue weighted by atomic mass is 35.5. The Morgan fingerprint density at radius 1 is 1.06 bits per heavy atom. The van der Waals surface area contributed by atoms with E-state index in [4.69, 9.17) is 11.6 Å². The van der Waals surface area contributed by atoms with Crippen LogP contribution in [0.1, 0.15) is 40.2 Å². The first kappa shape index (κ1) is 16.5. The van der Waals surface area contributed by atoms with E-state index in [0.717, 1.165) is 16.5 Å². The van der Waals surface area contributed by atoms with E-state index in [-0.39, 0.29) is 0 Å². The Labute approximate surface area is 115 Å². The second kappa shape index (κ2) is 9.50. The van der Waals surface area contributed by atoms with Gasteiger partial charge >= 0.3 is 0 Å². The SMILES string of the molecule is CC.CC.CC#Cc1cnc2ccccc2c1Cl. The maximum absolute atomic E-state index is 6.18. The largest absolute Gasteiger partial charge is 0.255 e. The van der Waals surface area contributed by atoms with Gasteiger partial charge in [-0.05, 0) is 13.0 Å². The Morgan fingerprint density at radius 3 is 2.28 bits per heavy atom. The molecule has 1 heterocycles. The van der Waals surface area contributed by atoms with Gasteiger partial charge < -0.3 is 0 Å². The minimum absolute atomic E-state index is 0.685. The number of rotatable bonds is 0. The highest BCUT2D eigenvalue weighted by Crippen LogP contribution is 2.24. The lowest BCUT2D eigenvalue weighted by Gasteiger charge is -2.00. The zero-order valence-corrected chi connectivity index (χ0v) is 12.5. The van der Waals surface area contributed by atoms with E-state index in [1.165, 1.54) is 0 Å². The molecule has 2 heteroatoms. The minimum Gasteiger partial charge on any atom is -0.255 e. The first-order chi connectivity index (χ1) is 8.83. The van der Waals surface area contributed by atoms with Crippen molar-refractivity contribution in [2.45, 2.75) is 34.6 Å². The van der Waals surface area contributed by atoms with Gasteiger partial charge in [0, 0.05) is 11.6 Å². The molecule has 1 aromatic heterocycles. The molecule has 1 aromatic carbocycles. The van der Waals surface area contributed by atoms with Gasteiger partial charge in [0.05, 0.1) is 16.1 Å². The van der Waals surface area contributed by atoms with Crippen LogP contribution in [-0.2, 0) is 0 Å². The van der Waals surface area contributed by atoms with Crippen molar-refractivity contribution < 1.29 is 0 Å². The minimum atomic E-state index is 0.685. The summed E-state index contributed by atoms with van der Waals surface area (Å²) in [7, 11) is 0. The number of hydrogen-bond donors (Lipinski definition) is 0. The summed E-state index contributed by atoms with van der Waals surface area (Å²) >= 11 is 6.18. The highest BCUT2D eigenvalue weighted by molar-refractivity contribution is 6.36. The number of benzene rings is 1. The van der Waals surface area contributed by atoms with Gasteiger partial charge in [-0.2, -0.15) is 0 Å². The van der Waals surface area contributed by atoms with E-state index in [2.05, 4.69) is 16.8 Å². The third kappa shape index (κ3) is 4.05. The van der Waals surface area contributed by atoms with Crippen LogP contribution in [0, 0.1) is 11.8 Å². The number of para-hydroxylation sites is 1. The highest BCUT2D eigenvalue weighted by Gasteiger charge is 2.03. The average molecular weight is 262 g/mol. The summed E-state index contributed by atoms with van der Waals surface area (Å²) in [5, 5.41) is 1.64. The van der Waals surface area contributed by atoms with E-state index in [1.54, 1.807) is 13.1 Å². The third-order valence-corrected chi connectivity index (χ3v) is 2.38. The van der Waals surface area contributed by atoms with Crippen LogP contribution in [-0.4, -0.2) is 4.98 Å². The second-order valence-electron chi connectivity index (χ2n) is 2.88. The van der Waals surface area contributed by atoms with Gasteiger partial charge in [0.2, 0.25) is 0 Å². The molecule has 0 atom stereocenters. The van der Waals surface area contributed by atoms with E-state index < -0.39 is 0 Å². The van der Waals surface area contributed by atoms with Crippen LogP contribution in [0.25, 0.3) is 10.9 Å². The molecule has 0 spiro atoms. The summed E-state index contributed by atoms with van der Waals surface area (Å²) in [6.07, 6.45) is 1.71. The molecular formula is C16H20ClN. The van der Waals surface area contributed by atoms with Gasteiger partial charge in [-0.3, -0.25) is 4.98 Å². The zero-order chi connectivity index (χ0) is 14.0. The topological polar surface area (TPSA) is 12.9 Å². The Hall–Kier alpha value is -1.52. The molecule has 0 amide bonds. The van der Waals surface area contributed by atoms with Crippen molar-refractivity contribution >= 4 is 22.5 Å². The smallest absolute Gasteiger partial charge is 0.0717 e. The number of fused-ring (bicyclic) bond motifs is 1. The molecule has 0 unspecified atom stereocenters. The summed E-state index contributed by atoms with van der Waals surface area (Å²) in [5.41, 5.74) is 1.69. The maximum atomic E-state index is 6.18. The van der Waals surface area contributed by atoms with Crippen molar-refractivity contribution in [3.05, 3.63) is 41.0 Å². The second-order valence-corrected chi connectivity index (χ2v) is 3.26. The lowest BCUT2D eigenvalue weighted by Crippen LogP contribution is -1.84. The van der Waals surface area contributed by atoms with Crippen LogP contribution >= 0.6 is 11.6 Å². The molecule has 0 bridgehead atoms. The van der Waals surface area contributed by atoms with Crippen LogP contribution in [0.3, 0.4) is 0 Å². The zero-order valence-electron chi connectivity index (χ0n) is 11.7. The predicted octanol–water partition coefficient (Wildman–Crippen LogP) is 5.31. The van der Waals surface area contributed by atoms with Gasteiger partial charge in [-0.1, -0.05) is 63.4 Å². The molecule has 2 aromatic rings. The third-order valence-electron chi connectivity index (χ3n) is 1.97. The Balaban J connectivity index is 0.000000659. The molecule has 0 saturated heterocycles. The Bertz CT molecular complexity index is 536. The van der Waals surface area contributed by atoms with Crippen molar-refractivity contribution in [1.29, 1.82) is 0 Å². The lowest BCUT2D eigenvalue weighted by molar-refractivity contribution is 1.39. The van der Waals surface area contributed by atoms with E-state index >= 15 is 0 Å². The van der Waals surface area contributed by atoms with Crippen molar-refractivity contribution in [1.82, 2.24) is 4.98 Å². The Morgan fingerprint density at radius 2 is 1.67 bits per heavy atom. The van der Waals surface area contributed by atoms with Crippen LogP contribution in [0.4, 0.5) is 0 Å². The number of nitrogens with zero attached hydrogens (tertiary/aromatic N) is 1. The summed E-state index contributed by atoms with van der Waals surface area (Å²) in [4.78, 5) is 4.27. The quantitative estimate of drug-likeness (QED) is 0.586. The fraction of sp³-hybridized carbons (Fsp3) is 0.312. The fourth-order valence-electron chi connectivity index (χ4n) is 1.33. The van der Waals surface area contributed by atoms with E-state index in [1.807, 2.05) is 52.0 Å². The van der Waals surface area contributed by atoms with Gasteiger partial charge in [-0.25, -0.2) is 0 Å². The lowest BCUT2D eigenvalue weighted by atomic mass is 10.1. The van der Waals surface area contributed by atoms with E-state index in [9.17, 15) is 0 Å². The van der Waals surface area contributed by atoms with Crippen LogP contribution in [0.5, 0.6) is 0 Å². The molecular weight excluding hydrogens is 242 g/mol. The van der Waals surface area contributed by atoms with Crippen LogP contribution in [0.2, 0.25) is 5.02 Å². The van der Waals surface area contributed by atoms with Crippen molar-refractivity contribution in [3.63, 3.8) is 0 Å². The summed E-state index contributed by atoms with van der Waals surface area (Å²) in [6.45, 7) is 9.78. The summed E-state index contributed by atoms with van der Waals surface area (Å²) < 4.78 is 0. The number of aromatic nitrogens is 1. The molecule has 18 heavy (non-hydrogen) atoms. The monoisotopic (exact) mass is 261 g/mol. The molecule has 1 nitrogen and oxygen atoms in total. The fourth-order valence-corrected chi connectivity index (χ4v) is 1.59. The molecule has 2 rings (SSSR count).